The van der Waals surface area contributed by atoms with Crippen LogP contribution in [0.4, 0.5) is 4.39 Å². The number of amides is 1. The zero-order chi connectivity index (χ0) is 15.2. The molecule has 0 aliphatic carbocycles. The van der Waals surface area contributed by atoms with E-state index in [0.717, 1.165) is 0 Å². The van der Waals surface area contributed by atoms with Crippen molar-refractivity contribution >= 4 is 5.91 Å². The van der Waals surface area contributed by atoms with Crippen molar-refractivity contribution in [3.63, 3.8) is 0 Å². The first-order valence-electron chi connectivity index (χ1n) is 7.11. The third-order valence-corrected chi connectivity index (χ3v) is 3.40. The van der Waals surface area contributed by atoms with Gasteiger partial charge in [0.05, 0.1) is 19.3 Å². The number of hydrogen-bond acceptors (Lipinski definition) is 4. The van der Waals surface area contributed by atoms with Crippen LogP contribution in [0.15, 0.2) is 24.3 Å². The van der Waals surface area contributed by atoms with Gasteiger partial charge >= 0.3 is 0 Å². The maximum absolute atomic E-state index is 13.5. The highest BCUT2D eigenvalue weighted by molar-refractivity contribution is 5.83. The first kappa shape index (κ1) is 15.9. The number of rotatable bonds is 5. The Balaban J connectivity index is 2.18. The van der Waals surface area contributed by atoms with E-state index >= 15 is 0 Å². The molecule has 1 aliphatic heterocycles. The van der Waals surface area contributed by atoms with Crippen molar-refractivity contribution < 1.29 is 19.0 Å². The monoisotopic (exact) mass is 296 g/mol. The number of nitrogens with one attached hydrogen (secondary N) is 1. The molecule has 1 aromatic carbocycles. The summed E-state index contributed by atoms with van der Waals surface area (Å²) in [5, 5.41) is 12.0. The number of carbonyl (C=O) groups excluding carboxylic acids is 1. The second-order valence-electron chi connectivity index (χ2n) is 5.20. The van der Waals surface area contributed by atoms with E-state index in [1.807, 2.05) is 4.90 Å². The van der Waals surface area contributed by atoms with Crippen molar-refractivity contribution in [2.75, 3.05) is 32.8 Å². The lowest BCUT2D eigenvalue weighted by molar-refractivity contribution is -0.129. The molecule has 0 saturated carbocycles. The minimum Gasteiger partial charge on any atom is -0.392 e. The van der Waals surface area contributed by atoms with Crippen molar-refractivity contribution in [3.8, 4) is 0 Å². The van der Waals surface area contributed by atoms with Gasteiger partial charge in [-0.2, -0.15) is 0 Å². The summed E-state index contributed by atoms with van der Waals surface area (Å²) in [4.78, 5) is 14.4. The third-order valence-electron chi connectivity index (χ3n) is 3.40. The molecule has 0 radical (unpaired) electrons. The van der Waals surface area contributed by atoms with Gasteiger partial charge in [0.25, 0.3) is 0 Å². The van der Waals surface area contributed by atoms with Crippen LogP contribution >= 0.6 is 0 Å². The summed E-state index contributed by atoms with van der Waals surface area (Å²) in [5.41, 5.74) is 0.611. The fourth-order valence-electron chi connectivity index (χ4n) is 2.39. The Kier molecular flexibility index (Phi) is 5.67. The first-order chi connectivity index (χ1) is 10.1. The lowest BCUT2D eigenvalue weighted by Crippen LogP contribution is -2.46. The predicted molar refractivity (Wildman–Crippen MR) is 76.2 cm³/mol. The van der Waals surface area contributed by atoms with Crippen LogP contribution in [0.2, 0.25) is 0 Å². The van der Waals surface area contributed by atoms with Gasteiger partial charge in [-0.3, -0.25) is 9.69 Å². The van der Waals surface area contributed by atoms with E-state index in [1.54, 1.807) is 19.1 Å². The molecule has 1 saturated heterocycles. The van der Waals surface area contributed by atoms with Crippen LogP contribution in [0.25, 0.3) is 0 Å². The summed E-state index contributed by atoms with van der Waals surface area (Å²) in [6.07, 6.45) is -0.619. The van der Waals surface area contributed by atoms with Gasteiger partial charge in [-0.1, -0.05) is 12.1 Å². The Bertz CT molecular complexity index is 476. The molecule has 2 rings (SSSR count). The van der Waals surface area contributed by atoms with Gasteiger partial charge in [0.15, 0.2) is 0 Å². The Morgan fingerprint density at radius 2 is 2.19 bits per heavy atom. The van der Waals surface area contributed by atoms with Gasteiger partial charge in [0.1, 0.15) is 11.9 Å². The van der Waals surface area contributed by atoms with E-state index in [1.165, 1.54) is 12.1 Å². The van der Waals surface area contributed by atoms with Gasteiger partial charge in [-0.05, 0) is 24.6 Å². The second-order valence-corrected chi connectivity index (χ2v) is 5.20. The summed E-state index contributed by atoms with van der Waals surface area (Å²) in [7, 11) is 0. The maximum atomic E-state index is 13.5. The van der Waals surface area contributed by atoms with E-state index in [4.69, 9.17) is 4.74 Å². The maximum Gasteiger partial charge on any atom is 0.242 e. The number of benzene rings is 1. The van der Waals surface area contributed by atoms with Gasteiger partial charge in [-0.25, -0.2) is 4.39 Å². The summed E-state index contributed by atoms with van der Waals surface area (Å²) in [5.74, 6) is -0.600. The van der Waals surface area contributed by atoms with E-state index in [-0.39, 0.29) is 18.3 Å². The fourth-order valence-corrected chi connectivity index (χ4v) is 2.39. The molecule has 0 aromatic heterocycles. The van der Waals surface area contributed by atoms with Crippen LogP contribution < -0.4 is 5.32 Å². The molecule has 5 nitrogen and oxygen atoms in total. The molecule has 116 valence electrons. The first-order valence-corrected chi connectivity index (χ1v) is 7.11. The van der Waals surface area contributed by atoms with Crippen molar-refractivity contribution in [2.45, 2.75) is 19.1 Å². The molecule has 0 bridgehead atoms. The van der Waals surface area contributed by atoms with Crippen LogP contribution in [0, 0.1) is 5.82 Å². The molecule has 0 spiro atoms. The highest BCUT2D eigenvalue weighted by atomic mass is 19.1. The zero-order valence-corrected chi connectivity index (χ0v) is 12.1. The summed E-state index contributed by atoms with van der Waals surface area (Å²) in [6, 6.07) is 5.50. The predicted octanol–water partition coefficient (Wildman–Crippen LogP) is 0.696. The topological polar surface area (TPSA) is 61.8 Å². The number of hydrogen-bond donors (Lipinski definition) is 2. The highest BCUT2D eigenvalue weighted by Crippen LogP contribution is 2.23. The average Bonchev–Trinajstić information content (AvgIpc) is 2.46. The van der Waals surface area contributed by atoms with Crippen LogP contribution in [0.3, 0.4) is 0 Å². The molecule has 2 atom stereocenters. The molecule has 1 amide bonds. The molecule has 6 heteroatoms. The number of aliphatic hydroxyl groups excluding tert-OH is 1. The number of nitrogens with zero attached hydrogens (tertiary/aromatic N) is 1. The summed E-state index contributed by atoms with van der Waals surface area (Å²) >= 11 is 0. The lowest BCUT2D eigenvalue weighted by Gasteiger charge is -2.33. The summed E-state index contributed by atoms with van der Waals surface area (Å²) < 4.78 is 18.8. The number of ether oxygens (including phenoxy) is 1. The molecule has 1 fully saturated rings. The lowest BCUT2D eigenvalue weighted by atomic mass is 10.0. The number of carbonyl (C=O) groups is 1. The van der Waals surface area contributed by atoms with E-state index < -0.39 is 12.1 Å². The largest absolute Gasteiger partial charge is 0.392 e. The molecule has 2 unspecified atom stereocenters. The number of morpholine rings is 1. The fraction of sp³-hybridized carbons (Fsp3) is 0.533. The van der Waals surface area contributed by atoms with E-state index in [0.29, 0.717) is 31.9 Å². The van der Waals surface area contributed by atoms with Gasteiger partial charge in [0, 0.05) is 19.6 Å². The molecule has 1 aliphatic rings. The zero-order valence-electron chi connectivity index (χ0n) is 12.1. The van der Waals surface area contributed by atoms with Crippen LogP contribution in [-0.4, -0.2) is 54.9 Å². The third kappa shape index (κ3) is 4.49. The van der Waals surface area contributed by atoms with Crippen molar-refractivity contribution in [1.82, 2.24) is 10.2 Å². The molecule has 1 aromatic rings. The van der Waals surface area contributed by atoms with Gasteiger partial charge < -0.3 is 15.2 Å². The highest BCUT2D eigenvalue weighted by Gasteiger charge is 2.29. The van der Waals surface area contributed by atoms with Crippen LogP contribution in [0.1, 0.15) is 18.5 Å². The minimum absolute atomic E-state index is 0.176. The second kappa shape index (κ2) is 7.49. The van der Waals surface area contributed by atoms with Crippen molar-refractivity contribution in [1.29, 1.82) is 0 Å². The summed E-state index contributed by atoms with van der Waals surface area (Å²) in [6.45, 7) is 4.11. The quantitative estimate of drug-likeness (QED) is 0.839. The van der Waals surface area contributed by atoms with E-state index in [2.05, 4.69) is 5.32 Å². The SMILES string of the molecule is CC(O)CNC(=O)C(c1cccc(F)c1)N1CCOCC1. The molecule has 1 heterocycles. The van der Waals surface area contributed by atoms with E-state index in [9.17, 15) is 14.3 Å². The van der Waals surface area contributed by atoms with Gasteiger partial charge in [0.2, 0.25) is 5.91 Å². The normalized spacial score (nSPS) is 19.0. The number of aliphatic hydroxyl groups is 1. The van der Waals surface area contributed by atoms with Crippen LogP contribution in [-0.2, 0) is 9.53 Å². The Hall–Kier alpha value is -1.50. The van der Waals surface area contributed by atoms with Crippen molar-refractivity contribution in [3.05, 3.63) is 35.6 Å². The average molecular weight is 296 g/mol. The molecule has 21 heavy (non-hydrogen) atoms. The molecular formula is C15H21FN2O3. The Labute approximate surface area is 123 Å². The standard InChI is InChI=1S/C15H21FN2O3/c1-11(19)10-17-15(20)14(18-5-7-21-8-6-18)12-3-2-4-13(16)9-12/h2-4,9,11,14,19H,5-8,10H2,1H3,(H,17,20). The Morgan fingerprint density at radius 3 is 2.81 bits per heavy atom. The van der Waals surface area contributed by atoms with Crippen LogP contribution in [0.5, 0.6) is 0 Å². The van der Waals surface area contributed by atoms with Crippen molar-refractivity contribution in [2.24, 2.45) is 0 Å². The minimum atomic E-state index is -0.619. The molecule has 2 N–H and O–H groups in total. The molecular weight excluding hydrogens is 275 g/mol. The Morgan fingerprint density at radius 1 is 1.48 bits per heavy atom. The smallest absolute Gasteiger partial charge is 0.242 e. The van der Waals surface area contributed by atoms with Gasteiger partial charge in [-0.15, -0.1) is 0 Å². The number of halogens is 1.